The molecule has 0 atom stereocenters. The van der Waals surface area contributed by atoms with Gasteiger partial charge >= 0.3 is 0 Å². The second-order valence-electron chi connectivity index (χ2n) is 8.57. The van der Waals surface area contributed by atoms with E-state index in [0.29, 0.717) is 57.3 Å². The molecular formula is C26H22FN5O2. The lowest BCUT2D eigenvalue weighted by atomic mass is 9.95. The van der Waals surface area contributed by atoms with Gasteiger partial charge in [-0.2, -0.15) is 0 Å². The molecule has 2 aromatic heterocycles. The number of nitrogens with zero attached hydrogens (tertiary/aromatic N) is 1. The van der Waals surface area contributed by atoms with E-state index in [1.54, 1.807) is 36.5 Å². The number of fused-ring (bicyclic) bond motifs is 4. The number of nitrogens with one attached hydrogen (secondary N) is 3. The van der Waals surface area contributed by atoms with Crippen LogP contribution in [0, 0.1) is 5.82 Å². The van der Waals surface area contributed by atoms with Gasteiger partial charge in [-0.3, -0.25) is 9.59 Å². The molecule has 0 aliphatic carbocycles. The van der Waals surface area contributed by atoms with Crippen LogP contribution in [0.2, 0.25) is 0 Å². The number of carbonyl (C=O) groups excluding carboxylic acids is 2. The summed E-state index contributed by atoms with van der Waals surface area (Å²) >= 11 is 0. The van der Waals surface area contributed by atoms with Gasteiger partial charge in [0.15, 0.2) is 5.82 Å². The van der Waals surface area contributed by atoms with Crippen molar-refractivity contribution in [3.05, 3.63) is 71.7 Å². The third kappa shape index (κ3) is 3.07. The van der Waals surface area contributed by atoms with E-state index in [4.69, 9.17) is 5.73 Å². The molecule has 5 N–H and O–H groups in total. The minimum absolute atomic E-state index is 0.0411. The molecule has 3 aromatic carbocycles. The summed E-state index contributed by atoms with van der Waals surface area (Å²) in [7, 11) is 0. The maximum absolute atomic E-state index is 15.5. The summed E-state index contributed by atoms with van der Waals surface area (Å²) in [6, 6.07) is 14.2. The highest BCUT2D eigenvalue weighted by atomic mass is 19.1. The fourth-order valence-electron chi connectivity index (χ4n) is 4.93. The lowest BCUT2D eigenvalue weighted by molar-refractivity contribution is 0.0735. The Hall–Kier alpha value is -4.17. The van der Waals surface area contributed by atoms with Crippen molar-refractivity contribution in [1.29, 1.82) is 0 Å². The largest absolute Gasteiger partial charge is 0.366 e. The molecular weight excluding hydrogens is 433 g/mol. The lowest BCUT2D eigenvalue weighted by Gasteiger charge is -2.27. The molecule has 7 nitrogen and oxygen atoms in total. The number of hydrogen-bond acceptors (Lipinski definition) is 3. The lowest BCUT2D eigenvalue weighted by Crippen LogP contribution is -2.46. The first-order chi connectivity index (χ1) is 16.5. The number of benzene rings is 3. The van der Waals surface area contributed by atoms with E-state index in [-0.39, 0.29) is 11.7 Å². The number of aromatic amines is 2. The van der Waals surface area contributed by atoms with Crippen molar-refractivity contribution >= 4 is 44.5 Å². The summed E-state index contributed by atoms with van der Waals surface area (Å²) in [6.07, 6.45) is 1.70. The number of primary amides is 1. The van der Waals surface area contributed by atoms with Crippen LogP contribution in [0.25, 0.3) is 43.8 Å². The summed E-state index contributed by atoms with van der Waals surface area (Å²) in [5.74, 6) is -0.989. The zero-order valence-electron chi connectivity index (χ0n) is 18.2. The number of piperazine rings is 1. The van der Waals surface area contributed by atoms with Crippen molar-refractivity contribution in [2.45, 2.75) is 0 Å². The summed E-state index contributed by atoms with van der Waals surface area (Å²) in [5, 5.41) is 5.50. The molecule has 3 heterocycles. The van der Waals surface area contributed by atoms with Gasteiger partial charge in [0.25, 0.3) is 11.8 Å². The highest BCUT2D eigenvalue weighted by molar-refractivity contribution is 6.20. The van der Waals surface area contributed by atoms with Crippen LogP contribution in [0.3, 0.4) is 0 Å². The van der Waals surface area contributed by atoms with Crippen LogP contribution in [0.1, 0.15) is 20.7 Å². The molecule has 170 valence electrons. The molecule has 0 unspecified atom stereocenters. The monoisotopic (exact) mass is 455 g/mol. The van der Waals surface area contributed by atoms with Crippen molar-refractivity contribution < 1.29 is 14.0 Å². The summed E-state index contributed by atoms with van der Waals surface area (Å²) in [4.78, 5) is 33.3. The molecule has 1 fully saturated rings. The van der Waals surface area contributed by atoms with Crippen LogP contribution < -0.4 is 11.1 Å². The Morgan fingerprint density at radius 3 is 2.53 bits per heavy atom. The molecule has 5 aromatic rings. The average Bonchev–Trinajstić information content (AvgIpc) is 3.49. The van der Waals surface area contributed by atoms with Crippen molar-refractivity contribution in [2.24, 2.45) is 5.73 Å². The molecule has 2 amide bonds. The smallest absolute Gasteiger partial charge is 0.254 e. The Labute approximate surface area is 193 Å². The third-order valence-corrected chi connectivity index (χ3v) is 6.63. The Morgan fingerprint density at radius 2 is 1.74 bits per heavy atom. The first-order valence-electron chi connectivity index (χ1n) is 11.2. The zero-order chi connectivity index (χ0) is 23.4. The molecule has 0 spiro atoms. The Bertz CT molecular complexity index is 1610. The highest BCUT2D eigenvalue weighted by Gasteiger charge is 2.22. The normalized spacial score (nSPS) is 14.3. The van der Waals surface area contributed by atoms with E-state index < -0.39 is 5.91 Å². The van der Waals surface area contributed by atoms with Crippen LogP contribution in [-0.4, -0.2) is 52.9 Å². The molecule has 0 radical (unpaired) electrons. The van der Waals surface area contributed by atoms with E-state index in [2.05, 4.69) is 15.3 Å². The minimum atomic E-state index is -0.583. The maximum Gasteiger partial charge on any atom is 0.254 e. The summed E-state index contributed by atoms with van der Waals surface area (Å²) < 4.78 is 15.5. The minimum Gasteiger partial charge on any atom is -0.366 e. The van der Waals surface area contributed by atoms with E-state index in [1.165, 1.54) is 0 Å². The fraction of sp³-hybridized carbons (Fsp3) is 0.154. The Kier molecular flexibility index (Phi) is 4.63. The Morgan fingerprint density at radius 1 is 0.941 bits per heavy atom. The van der Waals surface area contributed by atoms with Gasteiger partial charge in [0.2, 0.25) is 0 Å². The van der Waals surface area contributed by atoms with Gasteiger partial charge in [0.05, 0.1) is 16.6 Å². The molecule has 0 bridgehead atoms. The third-order valence-electron chi connectivity index (χ3n) is 6.63. The van der Waals surface area contributed by atoms with Gasteiger partial charge in [-0.05, 0) is 29.8 Å². The van der Waals surface area contributed by atoms with Crippen molar-refractivity contribution in [3.8, 4) is 11.1 Å². The second kappa shape index (κ2) is 7.71. The predicted octanol–water partition coefficient (Wildman–Crippen LogP) is 3.75. The van der Waals surface area contributed by atoms with Gasteiger partial charge in [-0.1, -0.05) is 24.3 Å². The van der Waals surface area contributed by atoms with Crippen molar-refractivity contribution in [1.82, 2.24) is 20.2 Å². The summed E-state index contributed by atoms with van der Waals surface area (Å²) in [5.41, 5.74) is 9.21. The number of H-pyrrole nitrogens is 2. The molecule has 34 heavy (non-hydrogen) atoms. The highest BCUT2D eigenvalue weighted by Crippen LogP contribution is 2.39. The van der Waals surface area contributed by atoms with Crippen LogP contribution in [0.4, 0.5) is 4.39 Å². The molecule has 8 heteroatoms. The predicted molar refractivity (Wildman–Crippen MR) is 130 cm³/mol. The second-order valence-corrected chi connectivity index (χ2v) is 8.57. The van der Waals surface area contributed by atoms with E-state index in [1.807, 2.05) is 23.1 Å². The van der Waals surface area contributed by atoms with Gasteiger partial charge in [0, 0.05) is 65.2 Å². The SMILES string of the molecule is NC(=O)c1ccc(-c2ccc3cc[nH]c3c2F)c2c1[nH]c1cc(C(=O)N3CCNCC3)ccc12. The first kappa shape index (κ1) is 20.4. The van der Waals surface area contributed by atoms with E-state index in [0.717, 1.165) is 23.9 Å². The molecule has 1 aliphatic heterocycles. The molecule has 0 saturated carbocycles. The van der Waals surface area contributed by atoms with E-state index in [9.17, 15) is 9.59 Å². The van der Waals surface area contributed by atoms with Gasteiger partial charge in [-0.15, -0.1) is 0 Å². The van der Waals surface area contributed by atoms with Crippen molar-refractivity contribution in [2.75, 3.05) is 26.2 Å². The van der Waals surface area contributed by atoms with Crippen LogP contribution >= 0.6 is 0 Å². The van der Waals surface area contributed by atoms with Gasteiger partial charge in [-0.25, -0.2) is 4.39 Å². The molecule has 6 rings (SSSR count). The van der Waals surface area contributed by atoms with Crippen LogP contribution in [0.5, 0.6) is 0 Å². The number of aromatic nitrogens is 2. The fourth-order valence-corrected chi connectivity index (χ4v) is 4.93. The van der Waals surface area contributed by atoms with E-state index >= 15 is 4.39 Å². The quantitative estimate of drug-likeness (QED) is 0.333. The average molecular weight is 455 g/mol. The van der Waals surface area contributed by atoms with Crippen LogP contribution in [0.15, 0.2) is 54.7 Å². The number of hydrogen-bond donors (Lipinski definition) is 4. The number of amides is 2. The van der Waals surface area contributed by atoms with Gasteiger partial charge < -0.3 is 25.9 Å². The Balaban J connectivity index is 1.57. The zero-order valence-corrected chi connectivity index (χ0v) is 18.2. The first-order valence-corrected chi connectivity index (χ1v) is 11.2. The molecule has 1 saturated heterocycles. The summed E-state index contributed by atoms with van der Waals surface area (Å²) in [6.45, 7) is 2.84. The van der Waals surface area contributed by atoms with Gasteiger partial charge in [0.1, 0.15) is 0 Å². The maximum atomic E-state index is 15.5. The number of rotatable bonds is 3. The number of nitrogens with two attached hydrogens (primary N) is 1. The van der Waals surface area contributed by atoms with Crippen molar-refractivity contribution in [3.63, 3.8) is 0 Å². The number of halogens is 1. The number of carbonyl (C=O) groups is 2. The topological polar surface area (TPSA) is 107 Å². The van der Waals surface area contributed by atoms with Crippen LogP contribution in [-0.2, 0) is 0 Å². The molecule has 1 aliphatic rings. The standard InChI is InChI=1S/C26H22FN5O2/c27-22-17(3-1-14-7-8-30-23(14)22)16-5-6-19(25(28)33)24-21(16)18-4-2-15(13-20(18)31-24)26(34)32-11-9-29-10-12-32/h1-8,13,29-31H,9-12H2,(H2,28,33).